The van der Waals surface area contributed by atoms with E-state index >= 15 is 0 Å². The predicted octanol–water partition coefficient (Wildman–Crippen LogP) is 4.63. The molecule has 0 amide bonds. The molecule has 3 aromatic carbocycles. The van der Waals surface area contributed by atoms with Gasteiger partial charge in [0.15, 0.2) is 9.84 Å². The third kappa shape index (κ3) is 3.81. The summed E-state index contributed by atoms with van der Waals surface area (Å²) in [5, 5.41) is 1.86. The maximum Gasteiger partial charge on any atom is 0.268 e. The molecule has 0 aliphatic carbocycles. The van der Waals surface area contributed by atoms with Crippen molar-refractivity contribution >= 4 is 36.8 Å². The summed E-state index contributed by atoms with van der Waals surface area (Å²) in [6, 6.07) is 21.7. The van der Waals surface area contributed by atoms with Gasteiger partial charge in [0.1, 0.15) is 0 Å². The van der Waals surface area contributed by atoms with Crippen molar-refractivity contribution in [2.24, 2.45) is 0 Å². The summed E-state index contributed by atoms with van der Waals surface area (Å²) in [4.78, 5) is 0.432. The first-order valence-electron chi connectivity index (χ1n) is 9.19. The van der Waals surface area contributed by atoms with Crippen LogP contribution in [0.3, 0.4) is 0 Å². The quantitative estimate of drug-likeness (QED) is 0.456. The molecule has 0 saturated carbocycles. The summed E-state index contributed by atoms with van der Waals surface area (Å²) in [6.07, 6.45) is 3.02. The minimum absolute atomic E-state index is 0.212. The number of aromatic nitrogens is 1. The molecule has 0 aliphatic heterocycles. The Labute approximate surface area is 175 Å². The summed E-state index contributed by atoms with van der Waals surface area (Å²) >= 11 is 0. The smallest absolute Gasteiger partial charge is 0.241 e. The van der Waals surface area contributed by atoms with E-state index in [0.717, 1.165) is 11.0 Å². The molecule has 1 aromatic heterocycles. The van der Waals surface area contributed by atoms with Crippen molar-refractivity contribution in [1.82, 2.24) is 3.97 Å². The van der Waals surface area contributed by atoms with Gasteiger partial charge >= 0.3 is 0 Å². The first-order valence-corrected chi connectivity index (χ1v) is 12.2. The molecule has 30 heavy (non-hydrogen) atoms. The number of hydrogen-bond acceptors (Lipinski definition) is 4. The molecule has 0 aliphatic rings. The van der Waals surface area contributed by atoms with E-state index < -0.39 is 19.9 Å². The van der Waals surface area contributed by atoms with E-state index in [-0.39, 0.29) is 9.79 Å². The van der Waals surface area contributed by atoms with Crippen LogP contribution in [0.1, 0.15) is 11.1 Å². The van der Waals surface area contributed by atoms with Crippen molar-refractivity contribution in [3.05, 3.63) is 102 Å². The van der Waals surface area contributed by atoms with Gasteiger partial charge in [-0.2, -0.15) is 0 Å². The maximum atomic E-state index is 13.0. The van der Waals surface area contributed by atoms with E-state index in [1.54, 1.807) is 78.9 Å². The summed E-state index contributed by atoms with van der Waals surface area (Å²) < 4.78 is 52.0. The van der Waals surface area contributed by atoms with Crippen LogP contribution in [0.4, 0.5) is 0 Å². The summed E-state index contributed by atoms with van der Waals surface area (Å²) in [5.41, 5.74) is 2.17. The molecule has 0 atom stereocenters. The van der Waals surface area contributed by atoms with Crippen molar-refractivity contribution in [3.8, 4) is 0 Å². The van der Waals surface area contributed by atoms with Gasteiger partial charge < -0.3 is 0 Å². The van der Waals surface area contributed by atoms with Gasteiger partial charge in [0.25, 0.3) is 10.0 Å². The van der Waals surface area contributed by atoms with E-state index in [1.165, 1.54) is 16.2 Å². The standard InChI is InChI=1S/C23H19NO4S2/c1-18-7-10-22(11-8-18)30(27,28)24-15-13-20-17-19(9-12-23(20)24)14-16-29(25,26)21-5-3-2-4-6-21/h2-17H,1H3. The molecule has 1 heterocycles. The van der Waals surface area contributed by atoms with Crippen LogP contribution in [0.25, 0.3) is 17.0 Å². The zero-order chi connectivity index (χ0) is 21.4. The number of aryl methyl sites for hydroxylation is 1. The van der Waals surface area contributed by atoms with E-state index in [4.69, 9.17) is 0 Å². The molecule has 0 fully saturated rings. The third-order valence-electron chi connectivity index (χ3n) is 4.77. The minimum Gasteiger partial charge on any atom is -0.241 e. The molecule has 0 unspecified atom stereocenters. The van der Waals surface area contributed by atoms with Gasteiger partial charge in [-0.15, -0.1) is 0 Å². The van der Waals surface area contributed by atoms with Crippen LogP contribution in [0.15, 0.2) is 100 Å². The van der Waals surface area contributed by atoms with E-state index in [2.05, 4.69) is 0 Å². The highest BCUT2D eigenvalue weighted by Gasteiger charge is 2.18. The lowest BCUT2D eigenvalue weighted by Gasteiger charge is -2.08. The predicted molar refractivity (Wildman–Crippen MR) is 118 cm³/mol. The van der Waals surface area contributed by atoms with Gasteiger partial charge in [0.2, 0.25) is 0 Å². The summed E-state index contributed by atoms with van der Waals surface area (Å²) in [7, 11) is -7.27. The zero-order valence-electron chi connectivity index (χ0n) is 16.1. The molecule has 0 bridgehead atoms. The second-order valence-corrected chi connectivity index (χ2v) is 10.6. The normalized spacial score (nSPS) is 12.6. The summed E-state index contributed by atoms with van der Waals surface area (Å²) in [6.45, 7) is 1.90. The van der Waals surface area contributed by atoms with Crippen LogP contribution in [0, 0.1) is 6.92 Å². The third-order valence-corrected chi connectivity index (χ3v) is 7.90. The zero-order valence-corrected chi connectivity index (χ0v) is 17.8. The number of rotatable bonds is 5. The number of nitrogens with zero attached hydrogens (tertiary/aromatic N) is 1. The highest BCUT2D eigenvalue weighted by Crippen LogP contribution is 2.24. The highest BCUT2D eigenvalue weighted by molar-refractivity contribution is 7.94. The van der Waals surface area contributed by atoms with Crippen LogP contribution in [0.2, 0.25) is 0 Å². The lowest BCUT2D eigenvalue weighted by Crippen LogP contribution is -2.11. The molecule has 4 rings (SSSR count). The first-order chi connectivity index (χ1) is 14.3. The van der Waals surface area contributed by atoms with E-state index in [1.807, 2.05) is 6.92 Å². The first kappa shape index (κ1) is 20.1. The number of hydrogen-bond donors (Lipinski definition) is 0. The van der Waals surface area contributed by atoms with Crippen molar-refractivity contribution < 1.29 is 16.8 Å². The Morgan fingerprint density at radius 1 is 0.767 bits per heavy atom. The van der Waals surface area contributed by atoms with Crippen molar-refractivity contribution in [3.63, 3.8) is 0 Å². The van der Waals surface area contributed by atoms with E-state index in [9.17, 15) is 16.8 Å². The molecule has 0 radical (unpaired) electrons. The fraction of sp³-hybridized carbons (Fsp3) is 0.0435. The van der Waals surface area contributed by atoms with Gasteiger partial charge in [-0.3, -0.25) is 0 Å². The average Bonchev–Trinajstić information content (AvgIpc) is 3.17. The van der Waals surface area contributed by atoms with Crippen LogP contribution < -0.4 is 0 Å². The Kier molecular flexibility index (Phi) is 5.09. The monoisotopic (exact) mass is 437 g/mol. The topological polar surface area (TPSA) is 73.2 Å². The van der Waals surface area contributed by atoms with Crippen molar-refractivity contribution in [2.75, 3.05) is 0 Å². The fourth-order valence-electron chi connectivity index (χ4n) is 3.13. The van der Waals surface area contributed by atoms with Gasteiger partial charge in [-0.1, -0.05) is 42.0 Å². The molecule has 0 N–H and O–H groups in total. The van der Waals surface area contributed by atoms with Crippen LogP contribution in [0.5, 0.6) is 0 Å². The number of fused-ring (bicyclic) bond motifs is 1. The highest BCUT2D eigenvalue weighted by atomic mass is 32.2. The average molecular weight is 438 g/mol. The molecular weight excluding hydrogens is 418 g/mol. The lowest BCUT2D eigenvalue weighted by molar-refractivity contribution is 0.589. The maximum absolute atomic E-state index is 13.0. The van der Waals surface area contributed by atoms with Crippen molar-refractivity contribution in [1.29, 1.82) is 0 Å². The summed E-state index contributed by atoms with van der Waals surface area (Å²) in [5.74, 6) is 0. The van der Waals surface area contributed by atoms with Gasteiger partial charge in [0, 0.05) is 17.0 Å². The SMILES string of the molecule is Cc1ccc(S(=O)(=O)n2ccc3cc(C=CS(=O)(=O)c4ccccc4)ccc32)cc1. The number of sulfone groups is 1. The van der Waals surface area contributed by atoms with Crippen molar-refractivity contribution in [2.45, 2.75) is 16.7 Å². The van der Waals surface area contributed by atoms with Gasteiger partial charge in [-0.05, 0) is 61.0 Å². The molecule has 5 nitrogen and oxygen atoms in total. The molecule has 0 saturated heterocycles. The van der Waals surface area contributed by atoms with Gasteiger partial charge in [-0.25, -0.2) is 20.8 Å². The molecule has 4 aromatic rings. The van der Waals surface area contributed by atoms with E-state index in [0.29, 0.717) is 16.5 Å². The number of benzene rings is 3. The fourth-order valence-corrected chi connectivity index (χ4v) is 5.51. The van der Waals surface area contributed by atoms with Gasteiger partial charge in [0.05, 0.1) is 15.3 Å². The largest absolute Gasteiger partial charge is 0.268 e. The van der Waals surface area contributed by atoms with Crippen LogP contribution in [-0.2, 0) is 19.9 Å². The molecule has 7 heteroatoms. The minimum atomic E-state index is -3.72. The molecule has 152 valence electrons. The lowest BCUT2D eigenvalue weighted by atomic mass is 10.1. The second kappa shape index (κ2) is 7.59. The second-order valence-electron chi connectivity index (χ2n) is 6.91. The molecular formula is C23H19NO4S2. The Bertz CT molecular complexity index is 1450. The Morgan fingerprint density at radius 3 is 2.17 bits per heavy atom. The Balaban J connectivity index is 1.68. The molecule has 0 spiro atoms. The van der Waals surface area contributed by atoms with Crippen LogP contribution in [-0.4, -0.2) is 20.8 Å². The van der Waals surface area contributed by atoms with Crippen LogP contribution >= 0.6 is 0 Å². The Morgan fingerprint density at radius 2 is 1.47 bits per heavy atom. The Hall–Kier alpha value is -3.16.